The van der Waals surface area contributed by atoms with E-state index in [9.17, 15) is 40.2 Å². The van der Waals surface area contributed by atoms with E-state index in [0.717, 1.165) is 0 Å². The zero-order chi connectivity index (χ0) is 31.3. The highest BCUT2D eigenvalue weighted by atomic mass is 16.7. The van der Waals surface area contributed by atoms with Crippen LogP contribution >= 0.6 is 0 Å². The predicted molar refractivity (Wildman–Crippen MR) is 147 cm³/mol. The van der Waals surface area contributed by atoms with Crippen molar-refractivity contribution in [2.45, 2.75) is 69.8 Å². The summed E-state index contributed by atoms with van der Waals surface area (Å²) >= 11 is 0. The number of aliphatic hydroxyl groups is 5. The van der Waals surface area contributed by atoms with Crippen LogP contribution in [-0.2, 0) is 33.3 Å². The fraction of sp³-hybridized carbons (Fsp3) is 0.600. The summed E-state index contributed by atoms with van der Waals surface area (Å²) in [6, 6.07) is 6.21. The molecule has 1 aromatic rings. The van der Waals surface area contributed by atoms with Gasteiger partial charge in [0.1, 0.15) is 36.3 Å². The van der Waals surface area contributed by atoms with Crippen LogP contribution in [0.25, 0.3) is 6.08 Å². The molecule has 3 aliphatic rings. The molecular formula is C30H40O13. The summed E-state index contributed by atoms with van der Waals surface area (Å²) in [7, 11) is 0. The van der Waals surface area contributed by atoms with Gasteiger partial charge >= 0.3 is 11.9 Å². The van der Waals surface area contributed by atoms with Gasteiger partial charge in [0.2, 0.25) is 6.29 Å². The summed E-state index contributed by atoms with van der Waals surface area (Å²) in [6.45, 7) is 2.54. The molecule has 2 aliphatic heterocycles. The largest absolute Gasteiger partial charge is 0.508 e. The van der Waals surface area contributed by atoms with Crippen LogP contribution in [0.3, 0.4) is 0 Å². The number of rotatable bonds is 11. The molecule has 13 nitrogen and oxygen atoms in total. The van der Waals surface area contributed by atoms with Gasteiger partial charge in [-0.05, 0) is 47.6 Å². The highest BCUT2D eigenvalue weighted by molar-refractivity contribution is 5.87. The van der Waals surface area contributed by atoms with Gasteiger partial charge in [0.15, 0.2) is 6.29 Å². The van der Waals surface area contributed by atoms with Crippen LogP contribution in [-0.4, -0.2) is 105 Å². The molecule has 4 rings (SSSR count). The van der Waals surface area contributed by atoms with Gasteiger partial charge in [-0.3, -0.25) is 4.79 Å². The summed E-state index contributed by atoms with van der Waals surface area (Å²) in [5.41, 5.74) is 1.20. The second kappa shape index (κ2) is 14.6. The van der Waals surface area contributed by atoms with E-state index in [2.05, 4.69) is 0 Å². The third-order valence-corrected chi connectivity index (χ3v) is 7.94. The molecule has 1 saturated carbocycles. The van der Waals surface area contributed by atoms with E-state index in [0.29, 0.717) is 11.1 Å². The van der Waals surface area contributed by atoms with Crippen LogP contribution in [0, 0.1) is 23.7 Å². The van der Waals surface area contributed by atoms with E-state index in [1.54, 1.807) is 12.1 Å². The average Bonchev–Trinajstić information content (AvgIpc) is 3.34. The molecule has 2 fully saturated rings. The summed E-state index contributed by atoms with van der Waals surface area (Å²) in [5, 5.41) is 59.8. The van der Waals surface area contributed by atoms with Gasteiger partial charge in [-0.15, -0.1) is 0 Å². The van der Waals surface area contributed by atoms with E-state index in [1.807, 2.05) is 13.8 Å². The highest BCUT2D eigenvalue weighted by Gasteiger charge is 2.54. The normalized spacial score (nSPS) is 34.0. The third-order valence-electron chi connectivity index (χ3n) is 7.94. The Morgan fingerprint density at radius 3 is 2.37 bits per heavy atom. The van der Waals surface area contributed by atoms with Gasteiger partial charge < -0.3 is 54.3 Å². The molecule has 0 amide bonds. The lowest BCUT2D eigenvalue weighted by molar-refractivity contribution is -0.299. The molecule has 43 heavy (non-hydrogen) atoms. The number of esters is 2. The molecule has 0 aromatic heterocycles. The van der Waals surface area contributed by atoms with Crippen molar-refractivity contribution in [3.05, 3.63) is 47.7 Å². The number of fused-ring (bicyclic) bond motifs is 1. The summed E-state index contributed by atoms with van der Waals surface area (Å²) < 4.78 is 28.3. The number of aromatic hydroxyl groups is 1. The Kier molecular flexibility index (Phi) is 11.2. The van der Waals surface area contributed by atoms with Gasteiger partial charge in [-0.2, -0.15) is 0 Å². The van der Waals surface area contributed by atoms with Crippen molar-refractivity contribution in [1.82, 2.24) is 0 Å². The molecule has 0 spiro atoms. The maximum Gasteiger partial charge on any atom is 0.331 e. The van der Waals surface area contributed by atoms with Gasteiger partial charge in [-0.25, -0.2) is 4.79 Å². The van der Waals surface area contributed by atoms with Crippen molar-refractivity contribution in [1.29, 1.82) is 0 Å². The standard InChI is InChI=1S/C30H40O13/c1-15(2)9-24(35)43-29-25-19(17(13-39-29)14-40-30-28(38)27(37)26(36)22(12-32)42-30)10-21(20(25)11-31)41-23(34)8-5-16-3-6-18(33)7-4-16/h3-8,13,15,19-22,25-33,36-38H,9-12,14H2,1-2H3. The number of ether oxygens (including phenoxy) is 5. The molecule has 0 bridgehead atoms. The molecule has 0 radical (unpaired) electrons. The van der Waals surface area contributed by atoms with Crippen LogP contribution in [0.15, 0.2) is 42.2 Å². The first-order valence-electron chi connectivity index (χ1n) is 14.3. The Labute approximate surface area is 248 Å². The van der Waals surface area contributed by atoms with Gasteiger partial charge in [-0.1, -0.05) is 26.0 Å². The van der Waals surface area contributed by atoms with Crippen LogP contribution < -0.4 is 0 Å². The smallest absolute Gasteiger partial charge is 0.331 e. The quantitative estimate of drug-likeness (QED) is 0.147. The topological polar surface area (TPSA) is 202 Å². The average molecular weight is 609 g/mol. The Balaban J connectivity index is 1.50. The molecule has 10 unspecified atom stereocenters. The van der Waals surface area contributed by atoms with Crippen molar-refractivity contribution < 1.29 is 63.9 Å². The van der Waals surface area contributed by atoms with Gasteiger partial charge in [0.25, 0.3) is 0 Å². The molecule has 2 heterocycles. The van der Waals surface area contributed by atoms with Crippen LogP contribution in [0.5, 0.6) is 5.75 Å². The number of phenols is 1. The fourth-order valence-electron chi connectivity index (χ4n) is 5.71. The lowest BCUT2D eigenvalue weighted by Crippen LogP contribution is -2.59. The Hall–Kier alpha value is -3.04. The first-order valence-corrected chi connectivity index (χ1v) is 14.3. The van der Waals surface area contributed by atoms with Crippen molar-refractivity contribution in [2.24, 2.45) is 23.7 Å². The zero-order valence-electron chi connectivity index (χ0n) is 24.0. The van der Waals surface area contributed by atoms with E-state index < -0.39 is 86.0 Å². The molecule has 10 atom stereocenters. The highest BCUT2D eigenvalue weighted by Crippen LogP contribution is 2.48. The minimum absolute atomic E-state index is 0.0382. The molecular weight excluding hydrogens is 568 g/mol. The van der Waals surface area contributed by atoms with Crippen LogP contribution in [0.4, 0.5) is 0 Å². The van der Waals surface area contributed by atoms with E-state index in [4.69, 9.17) is 23.7 Å². The zero-order valence-corrected chi connectivity index (χ0v) is 24.0. The number of benzene rings is 1. The first kappa shape index (κ1) is 32.9. The van der Waals surface area contributed by atoms with Crippen molar-refractivity contribution in [3.63, 3.8) is 0 Å². The molecule has 1 saturated heterocycles. The number of carbonyl (C=O) groups excluding carboxylic acids is 2. The molecule has 1 aromatic carbocycles. The number of carbonyl (C=O) groups is 2. The number of phenolic OH excluding ortho intramolecular Hbond substituents is 1. The first-order chi connectivity index (χ1) is 20.5. The third kappa shape index (κ3) is 7.92. The van der Waals surface area contributed by atoms with Gasteiger partial charge in [0, 0.05) is 30.9 Å². The van der Waals surface area contributed by atoms with E-state index in [-0.39, 0.29) is 31.1 Å². The lowest BCUT2D eigenvalue weighted by atomic mass is 9.83. The summed E-state index contributed by atoms with van der Waals surface area (Å²) in [5.74, 6) is -2.73. The number of aliphatic hydroxyl groups excluding tert-OH is 5. The minimum Gasteiger partial charge on any atom is -0.508 e. The SMILES string of the molecule is CC(C)CC(=O)OC1OC=C(COC2OC(CO)C(O)C(O)C2O)C2CC(OC(=O)C=Cc3ccc(O)cc3)C(CO)C12. The summed E-state index contributed by atoms with van der Waals surface area (Å²) in [4.78, 5) is 25.3. The molecule has 6 N–H and O–H groups in total. The Bertz CT molecular complexity index is 1150. The van der Waals surface area contributed by atoms with Crippen LogP contribution in [0.1, 0.15) is 32.3 Å². The van der Waals surface area contributed by atoms with E-state index in [1.165, 1.54) is 30.5 Å². The minimum atomic E-state index is -1.62. The van der Waals surface area contributed by atoms with Gasteiger partial charge in [0.05, 0.1) is 19.5 Å². The number of hydrogen-bond donors (Lipinski definition) is 6. The van der Waals surface area contributed by atoms with Crippen LogP contribution in [0.2, 0.25) is 0 Å². The predicted octanol–water partition coefficient (Wildman–Crippen LogP) is 0.208. The fourth-order valence-corrected chi connectivity index (χ4v) is 5.71. The number of hydrogen-bond acceptors (Lipinski definition) is 13. The Morgan fingerprint density at radius 1 is 1.00 bits per heavy atom. The molecule has 238 valence electrons. The maximum atomic E-state index is 12.7. The molecule has 1 aliphatic carbocycles. The maximum absolute atomic E-state index is 12.7. The van der Waals surface area contributed by atoms with Crippen molar-refractivity contribution in [3.8, 4) is 5.75 Å². The second-order valence-corrected chi connectivity index (χ2v) is 11.5. The van der Waals surface area contributed by atoms with E-state index >= 15 is 0 Å². The Morgan fingerprint density at radius 2 is 1.72 bits per heavy atom. The monoisotopic (exact) mass is 608 g/mol. The summed E-state index contributed by atoms with van der Waals surface area (Å²) in [6.07, 6.45) is -4.63. The lowest BCUT2D eigenvalue weighted by Gasteiger charge is -2.40. The van der Waals surface area contributed by atoms with Crippen molar-refractivity contribution >= 4 is 18.0 Å². The second-order valence-electron chi connectivity index (χ2n) is 11.5. The van der Waals surface area contributed by atoms with Crippen molar-refractivity contribution in [2.75, 3.05) is 19.8 Å². The molecule has 13 heteroatoms.